The van der Waals surface area contributed by atoms with E-state index < -0.39 is 9.84 Å². The summed E-state index contributed by atoms with van der Waals surface area (Å²) in [6, 6.07) is 10.4. The van der Waals surface area contributed by atoms with Gasteiger partial charge in [-0.1, -0.05) is 24.6 Å². The largest absolute Gasteiger partial charge is 0.326 e. The normalized spacial score (nSPS) is 16.1. The Labute approximate surface area is 175 Å². The first-order valence-electron chi connectivity index (χ1n) is 9.41. The number of fused-ring (bicyclic) bond motifs is 1. The van der Waals surface area contributed by atoms with Gasteiger partial charge in [0, 0.05) is 17.0 Å². The van der Waals surface area contributed by atoms with Crippen molar-refractivity contribution in [1.29, 1.82) is 0 Å². The van der Waals surface area contributed by atoms with Crippen molar-refractivity contribution < 1.29 is 18.0 Å². The Morgan fingerprint density at radius 1 is 1.17 bits per heavy atom. The number of thioether (sulfide) groups is 1. The molecule has 29 heavy (non-hydrogen) atoms. The van der Waals surface area contributed by atoms with E-state index in [1.807, 2.05) is 39.0 Å². The van der Waals surface area contributed by atoms with Gasteiger partial charge in [0.15, 0.2) is 9.84 Å². The molecule has 6 nitrogen and oxygen atoms in total. The number of anilines is 2. The highest BCUT2D eigenvalue weighted by atomic mass is 32.2. The van der Waals surface area contributed by atoms with Crippen LogP contribution in [0.2, 0.25) is 0 Å². The van der Waals surface area contributed by atoms with Crippen LogP contribution < -0.4 is 10.6 Å². The van der Waals surface area contributed by atoms with Crippen LogP contribution in [0.5, 0.6) is 0 Å². The van der Waals surface area contributed by atoms with Crippen molar-refractivity contribution in [3.05, 3.63) is 47.5 Å². The number of hydrogen-bond donors (Lipinski definition) is 2. The number of carbonyl (C=O) groups is 2. The fraction of sp³-hybridized carbons (Fsp3) is 0.333. The maximum atomic E-state index is 12.7. The highest BCUT2D eigenvalue weighted by molar-refractivity contribution is 8.01. The van der Waals surface area contributed by atoms with Gasteiger partial charge in [-0.3, -0.25) is 9.59 Å². The molecular weight excluding hydrogens is 408 g/mol. The van der Waals surface area contributed by atoms with Crippen LogP contribution in [0.3, 0.4) is 0 Å². The van der Waals surface area contributed by atoms with E-state index in [1.54, 1.807) is 6.07 Å². The van der Waals surface area contributed by atoms with E-state index in [0.29, 0.717) is 17.8 Å². The van der Waals surface area contributed by atoms with Crippen molar-refractivity contribution in [3.8, 4) is 0 Å². The molecule has 0 radical (unpaired) electrons. The zero-order valence-corrected chi connectivity index (χ0v) is 18.2. The van der Waals surface area contributed by atoms with Gasteiger partial charge in [-0.2, -0.15) is 0 Å². The van der Waals surface area contributed by atoms with E-state index in [0.717, 1.165) is 16.0 Å². The van der Waals surface area contributed by atoms with Gasteiger partial charge in [-0.15, -0.1) is 11.8 Å². The molecule has 1 unspecified atom stereocenters. The molecule has 154 valence electrons. The quantitative estimate of drug-likeness (QED) is 0.722. The predicted molar refractivity (Wildman–Crippen MR) is 116 cm³/mol. The van der Waals surface area contributed by atoms with Crippen LogP contribution in [0, 0.1) is 13.8 Å². The SMILES string of the molecule is CCC1Sc2ccc(S(=O)(=O)CCC(=O)Nc3ccc(C)cc3C)cc2NC1=O. The number of carbonyl (C=O) groups excluding carboxylic acids is 2. The summed E-state index contributed by atoms with van der Waals surface area (Å²) >= 11 is 1.44. The van der Waals surface area contributed by atoms with Gasteiger partial charge in [0.25, 0.3) is 0 Å². The molecule has 2 N–H and O–H groups in total. The molecule has 2 aromatic rings. The van der Waals surface area contributed by atoms with Gasteiger partial charge in [0.05, 0.1) is 21.6 Å². The molecule has 0 bridgehead atoms. The Morgan fingerprint density at radius 3 is 2.62 bits per heavy atom. The lowest BCUT2D eigenvalue weighted by Gasteiger charge is -2.23. The molecular formula is C21H24N2O4S2. The number of hydrogen-bond acceptors (Lipinski definition) is 5. The lowest BCUT2D eigenvalue weighted by atomic mass is 10.1. The van der Waals surface area contributed by atoms with Gasteiger partial charge in [0.2, 0.25) is 11.8 Å². The number of aryl methyl sites for hydroxylation is 2. The minimum Gasteiger partial charge on any atom is -0.326 e. The average molecular weight is 433 g/mol. The van der Waals surface area contributed by atoms with Crippen LogP contribution in [0.4, 0.5) is 11.4 Å². The Bertz CT molecular complexity index is 1060. The lowest BCUT2D eigenvalue weighted by molar-refractivity contribution is -0.116. The summed E-state index contributed by atoms with van der Waals surface area (Å²) in [5.41, 5.74) is 3.20. The highest BCUT2D eigenvalue weighted by Crippen LogP contribution is 2.38. The summed E-state index contributed by atoms with van der Waals surface area (Å²) in [5, 5.41) is 5.38. The van der Waals surface area contributed by atoms with Crippen molar-refractivity contribution in [1.82, 2.24) is 0 Å². The standard InChI is InChI=1S/C21H24N2O4S2/c1-4-18-21(25)23-17-12-15(6-8-19(17)28-18)29(26,27)10-9-20(24)22-16-7-5-13(2)11-14(16)3/h5-8,11-12,18H,4,9-10H2,1-3H3,(H,22,24)(H,23,25). The molecule has 1 atom stereocenters. The van der Waals surface area contributed by atoms with Gasteiger partial charge in [0.1, 0.15) is 0 Å². The van der Waals surface area contributed by atoms with Crippen molar-refractivity contribution in [2.45, 2.75) is 48.7 Å². The van der Waals surface area contributed by atoms with Crippen molar-refractivity contribution in [3.63, 3.8) is 0 Å². The van der Waals surface area contributed by atoms with Crippen LogP contribution in [-0.2, 0) is 19.4 Å². The molecule has 1 heterocycles. The zero-order chi connectivity index (χ0) is 21.2. The van der Waals surface area contributed by atoms with E-state index in [4.69, 9.17) is 0 Å². The number of sulfone groups is 1. The summed E-state index contributed by atoms with van der Waals surface area (Å²) < 4.78 is 25.4. The molecule has 8 heteroatoms. The number of nitrogens with one attached hydrogen (secondary N) is 2. The molecule has 0 saturated carbocycles. The third-order valence-corrected chi connectivity index (χ3v) is 7.91. The second-order valence-corrected chi connectivity index (χ2v) is 10.5. The molecule has 2 amide bonds. The first-order chi connectivity index (χ1) is 13.7. The van der Waals surface area contributed by atoms with E-state index in [9.17, 15) is 18.0 Å². The fourth-order valence-corrected chi connectivity index (χ4v) is 5.39. The van der Waals surface area contributed by atoms with Crippen molar-refractivity contribution in [2.75, 3.05) is 16.4 Å². The van der Waals surface area contributed by atoms with E-state index in [2.05, 4.69) is 10.6 Å². The smallest absolute Gasteiger partial charge is 0.237 e. The Hall–Kier alpha value is -2.32. The van der Waals surface area contributed by atoms with E-state index >= 15 is 0 Å². The van der Waals surface area contributed by atoms with Crippen LogP contribution in [0.1, 0.15) is 30.9 Å². The Balaban J connectivity index is 1.67. The van der Waals surface area contributed by atoms with Crippen LogP contribution in [0.15, 0.2) is 46.2 Å². The maximum absolute atomic E-state index is 12.7. The summed E-state index contributed by atoms with van der Waals surface area (Å²) in [4.78, 5) is 25.2. The third-order valence-electron chi connectivity index (χ3n) is 4.75. The first kappa shape index (κ1) is 21.4. The zero-order valence-electron chi connectivity index (χ0n) is 16.6. The summed E-state index contributed by atoms with van der Waals surface area (Å²) in [7, 11) is -3.66. The second-order valence-electron chi connectivity index (χ2n) is 7.10. The molecule has 0 fully saturated rings. The lowest BCUT2D eigenvalue weighted by Crippen LogP contribution is -2.28. The molecule has 3 rings (SSSR count). The molecule has 0 spiro atoms. The van der Waals surface area contributed by atoms with E-state index in [1.165, 1.54) is 23.9 Å². The number of rotatable bonds is 6. The van der Waals surface area contributed by atoms with Crippen molar-refractivity contribution in [2.24, 2.45) is 0 Å². The van der Waals surface area contributed by atoms with Gasteiger partial charge in [-0.05, 0) is 50.1 Å². The first-order valence-corrected chi connectivity index (χ1v) is 11.9. The Morgan fingerprint density at radius 2 is 1.93 bits per heavy atom. The predicted octanol–water partition coefficient (Wildman–Crippen LogP) is 3.93. The molecule has 0 aliphatic carbocycles. The van der Waals surface area contributed by atoms with Gasteiger partial charge < -0.3 is 10.6 Å². The third kappa shape index (κ3) is 5.00. The summed E-state index contributed by atoms with van der Waals surface area (Å²) in [6.07, 6.45) is 0.553. The highest BCUT2D eigenvalue weighted by Gasteiger charge is 2.27. The molecule has 1 aliphatic rings. The fourth-order valence-electron chi connectivity index (χ4n) is 3.10. The maximum Gasteiger partial charge on any atom is 0.237 e. The monoisotopic (exact) mass is 432 g/mol. The van der Waals surface area contributed by atoms with Crippen LogP contribution >= 0.6 is 11.8 Å². The summed E-state index contributed by atoms with van der Waals surface area (Å²) in [6.45, 7) is 5.79. The second kappa shape index (κ2) is 8.59. The minimum atomic E-state index is -3.66. The number of amides is 2. The molecule has 1 aliphatic heterocycles. The topological polar surface area (TPSA) is 92.3 Å². The Kier molecular flexibility index (Phi) is 6.33. The van der Waals surface area contributed by atoms with Crippen LogP contribution in [-0.4, -0.2) is 31.2 Å². The number of benzene rings is 2. The minimum absolute atomic E-state index is 0.103. The van der Waals surface area contributed by atoms with E-state index in [-0.39, 0.29) is 34.1 Å². The molecule has 2 aromatic carbocycles. The van der Waals surface area contributed by atoms with Crippen LogP contribution in [0.25, 0.3) is 0 Å². The molecule has 0 saturated heterocycles. The summed E-state index contributed by atoms with van der Waals surface area (Å²) in [5.74, 6) is -0.776. The van der Waals surface area contributed by atoms with Gasteiger partial charge >= 0.3 is 0 Å². The molecule has 0 aromatic heterocycles. The van der Waals surface area contributed by atoms with Gasteiger partial charge in [-0.25, -0.2) is 8.42 Å². The average Bonchev–Trinajstić information content (AvgIpc) is 2.67. The van der Waals surface area contributed by atoms with Crippen molar-refractivity contribution >= 4 is 44.8 Å².